The molecule has 1 unspecified atom stereocenters. The van der Waals surface area contributed by atoms with E-state index in [0.29, 0.717) is 51.0 Å². The fraction of sp³-hybridized carbons (Fsp3) is 0.214. The Hall–Kier alpha value is -4.57. The minimum Gasteiger partial charge on any atom is -0.457 e. The van der Waals surface area contributed by atoms with E-state index in [1.54, 1.807) is 36.4 Å². The topological polar surface area (TPSA) is 111 Å². The van der Waals surface area contributed by atoms with Gasteiger partial charge in [0.25, 0.3) is 4.92 Å². The predicted molar refractivity (Wildman–Crippen MR) is 146 cm³/mol. The largest absolute Gasteiger partial charge is 0.457 e. The highest BCUT2D eigenvalue weighted by Crippen LogP contribution is 2.35. The summed E-state index contributed by atoms with van der Waals surface area (Å²) in [5.74, 6) is 2.22. The van der Waals surface area contributed by atoms with Crippen LogP contribution in [0.4, 0.5) is 5.69 Å². The second-order valence-corrected chi connectivity index (χ2v) is 9.25. The summed E-state index contributed by atoms with van der Waals surface area (Å²) in [7, 11) is 1.30. The molecule has 1 amide bonds. The normalized spacial score (nSPS) is 13.9. The highest BCUT2D eigenvalue weighted by Gasteiger charge is 2.30. The third kappa shape index (κ3) is 5.37. The van der Waals surface area contributed by atoms with Crippen LogP contribution >= 0.6 is 11.6 Å². The van der Waals surface area contributed by atoms with Crippen LogP contribution < -0.4 is 10.1 Å². The Morgan fingerprint density at radius 1 is 1.05 bits per heavy atom. The van der Waals surface area contributed by atoms with Crippen LogP contribution in [0.3, 0.4) is 0 Å². The number of hydrogen-bond acceptors (Lipinski definition) is 7. The quantitative estimate of drug-likeness (QED) is 0.296. The van der Waals surface area contributed by atoms with E-state index in [1.807, 2.05) is 48.7 Å². The van der Waals surface area contributed by atoms with Crippen molar-refractivity contribution in [3.05, 3.63) is 99.4 Å². The average Bonchev–Trinajstić information content (AvgIpc) is 3.26. The van der Waals surface area contributed by atoms with Crippen LogP contribution in [0, 0.1) is 11.8 Å². The van der Waals surface area contributed by atoms with Gasteiger partial charge in [-0.1, -0.05) is 23.7 Å². The number of amides is 1. The summed E-state index contributed by atoms with van der Waals surface area (Å²) in [6.45, 7) is 4.26. The van der Waals surface area contributed by atoms with Gasteiger partial charge in [-0.15, -0.1) is 10.2 Å². The summed E-state index contributed by atoms with van der Waals surface area (Å²) in [6.07, 6.45) is 0.116. The zero-order valence-electron chi connectivity index (χ0n) is 21.6. The smallest absolute Gasteiger partial charge is 0.317 e. The number of aliphatic imine (C=N–C) groups is 1. The first-order valence-corrected chi connectivity index (χ1v) is 12.7. The van der Waals surface area contributed by atoms with Gasteiger partial charge in [0, 0.05) is 34.8 Å². The number of carbonyl (C=O) groups excluding carboxylic acids is 1. The molecule has 1 N–H and O–H groups in total. The van der Waals surface area contributed by atoms with Crippen LogP contribution in [-0.4, -0.2) is 45.0 Å². The van der Waals surface area contributed by atoms with Crippen molar-refractivity contribution in [2.45, 2.75) is 26.3 Å². The van der Waals surface area contributed by atoms with Crippen molar-refractivity contribution in [3.8, 4) is 17.2 Å². The molecule has 0 saturated carbocycles. The predicted octanol–water partition coefficient (Wildman–Crippen LogP) is 5.41. The van der Waals surface area contributed by atoms with Crippen molar-refractivity contribution in [1.82, 2.24) is 20.1 Å². The molecule has 11 heteroatoms. The van der Waals surface area contributed by atoms with Gasteiger partial charge in [-0.25, -0.2) is 4.84 Å². The van der Waals surface area contributed by atoms with Gasteiger partial charge >= 0.3 is 5.69 Å². The van der Waals surface area contributed by atoms with E-state index in [0.717, 1.165) is 16.8 Å². The minimum absolute atomic E-state index is 0.116. The number of benzene rings is 3. The standard InChI is InChI=1S/C28H25ClN6O4/c1-4-30-26(36)16-24-28-33-32-17(2)34(28)25-14-13-22(39-21-11-9-20(10-12-21)35(37)38-3)15-23(25)27(31-24)18-5-7-19(29)8-6-18/h5-15,24H,4,16H2,1-3H3/p+1. The van der Waals surface area contributed by atoms with Crippen LogP contribution in [0.2, 0.25) is 5.02 Å². The number of nitrogens with one attached hydrogen (secondary N) is 1. The molecular weight excluding hydrogens is 520 g/mol. The fourth-order valence-corrected chi connectivity index (χ4v) is 4.56. The van der Waals surface area contributed by atoms with E-state index in [9.17, 15) is 9.70 Å². The van der Waals surface area contributed by atoms with Gasteiger partial charge < -0.3 is 10.1 Å². The summed E-state index contributed by atoms with van der Waals surface area (Å²) < 4.78 is 8.07. The maximum atomic E-state index is 12.6. The first-order chi connectivity index (χ1) is 18.9. The average molecular weight is 546 g/mol. The molecule has 5 rings (SSSR count). The first kappa shape index (κ1) is 26.1. The molecule has 0 aliphatic carbocycles. The van der Waals surface area contributed by atoms with Crippen LogP contribution in [0.1, 0.15) is 42.2 Å². The zero-order chi connectivity index (χ0) is 27.5. The number of halogens is 1. The van der Waals surface area contributed by atoms with Crippen molar-refractivity contribution >= 4 is 28.9 Å². The number of hydrogen-bond donors (Lipinski definition) is 1. The lowest BCUT2D eigenvalue weighted by molar-refractivity contribution is -0.736. The highest BCUT2D eigenvalue weighted by molar-refractivity contribution is 6.30. The van der Waals surface area contributed by atoms with E-state index in [1.165, 1.54) is 7.11 Å². The van der Waals surface area contributed by atoms with Crippen molar-refractivity contribution in [3.63, 3.8) is 0 Å². The Bertz CT molecular complexity index is 1560. The SMILES string of the molecule is CCNC(=O)CC1N=C(c2ccc(Cl)cc2)c2cc(Oc3ccc([N+](=O)OC)cc3)ccc2-n2c(C)nnc21. The zero-order valence-corrected chi connectivity index (χ0v) is 22.3. The summed E-state index contributed by atoms with van der Waals surface area (Å²) in [5, 5.41) is 12.2. The molecule has 1 atom stereocenters. The maximum absolute atomic E-state index is 12.6. The second kappa shape index (κ2) is 11.0. The van der Waals surface area contributed by atoms with Crippen LogP contribution in [-0.2, 0) is 9.63 Å². The van der Waals surface area contributed by atoms with Crippen molar-refractivity contribution in [1.29, 1.82) is 0 Å². The molecule has 0 saturated heterocycles. The van der Waals surface area contributed by atoms with Crippen molar-refractivity contribution in [2.24, 2.45) is 4.99 Å². The molecule has 2 heterocycles. The van der Waals surface area contributed by atoms with E-state index >= 15 is 0 Å². The molecule has 39 heavy (non-hydrogen) atoms. The molecule has 4 aromatic rings. The first-order valence-electron chi connectivity index (χ1n) is 12.3. The van der Waals surface area contributed by atoms with Gasteiger partial charge in [-0.3, -0.25) is 14.4 Å². The van der Waals surface area contributed by atoms with Crippen LogP contribution in [0.5, 0.6) is 11.5 Å². The molecule has 3 aromatic carbocycles. The van der Waals surface area contributed by atoms with Gasteiger partial charge in [-0.2, -0.15) is 0 Å². The summed E-state index contributed by atoms with van der Waals surface area (Å²) in [5.41, 5.74) is 3.43. The van der Waals surface area contributed by atoms with E-state index < -0.39 is 6.04 Å². The van der Waals surface area contributed by atoms with Crippen molar-refractivity contribution in [2.75, 3.05) is 13.7 Å². The van der Waals surface area contributed by atoms with Gasteiger partial charge in [0.05, 0.1) is 22.7 Å². The molecule has 1 aromatic heterocycles. The number of rotatable bonds is 8. The lowest BCUT2D eigenvalue weighted by atomic mass is 10.00. The Balaban J connectivity index is 1.62. The fourth-order valence-electron chi connectivity index (χ4n) is 4.44. The Morgan fingerprint density at radius 2 is 1.77 bits per heavy atom. The summed E-state index contributed by atoms with van der Waals surface area (Å²) in [4.78, 5) is 34.5. The van der Waals surface area contributed by atoms with E-state index in [4.69, 9.17) is 21.3 Å². The van der Waals surface area contributed by atoms with Crippen molar-refractivity contribution < 1.29 is 19.3 Å². The number of aryl methyl sites for hydroxylation is 1. The monoisotopic (exact) mass is 545 g/mol. The number of ether oxygens (including phenoxy) is 1. The van der Waals surface area contributed by atoms with Gasteiger partial charge in [0.15, 0.2) is 12.9 Å². The third-order valence-corrected chi connectivity index (χ3v) is 6.47. The molecule has 0 spiro atoms. The second-order valence-electron chi connectivity index (χ2n) is 8.81. The maximum Gasteiger partial charge on any atom is 0.317 e. The summed E-state index contributed by atoms with van der Waals surface area (Å²) >= 11 is 6.18. The van der Waals surface area contributed by atoms with Gasteiger partial charge in [0.1, 0.15) is 23.4 Å². The Labute approximate surface area is 229 Å². The third-order valence-electron chi connectivity index (χ3n) is 6.22. The molecule has 10 nitrogen and oxygen atoms in total. The van der Waals surface area contributed by atoms with E-state index in [2.05, 4.69) is 20.4 Å². The Morgan fingerprint density at radius 3 is 2.46 bits per heavy atom. The molecular formula is C28H26ClN6O4+. The van der Waals surface area contributed by atoms with Gasteiger partial charge in [0.2, 0.25) is 5.91 Å². The number of carbonyl (C=O) groups is 1. The molecule has 1 aliphatic rings. The highest BCUT2D eigenvalue weighted by atomic mass is 35.5. The van der Waals surface area contributed by atoms with Gasteiger partial charge in [-0.05, 0) is 56.3 Å². The van der Waals surface area contributed by atoms with Crippen LogP contribution in [0.15, 0.2) is 71.7 Å². The lowest BCUT2D eigenvalue weighted by Crippen LogP contribution is -2.25. The number of fused-ring (bicyclic) bond motifs is 3. The molecule has 0 radical (unpaired) electrons. The minimum atomic E-state index is -0.566. The van der Waals surface area contributed by atoms with Crippen LogP contribution in [0.25, 0.3) is 5.69 Å². The molecule has 0 fully saturated rings. The Kier molecular flexibility index (Phi) is 7.38. The lowest BCUT2D eigenvalue weighted by Gasteiger charge is -2.15. The summed E-state index contributed by atoms with van der Waals surface area (Å²) in [6, 6.07) is 19.1. The number of nitrogens with zero attached hydrogens (tertiary/aromatic N) is 5. The van der Waals surface area contributed by atoms with E-state index in [-0.39, 0.29) is 12.3 Å². The number of aromatic nitrogens is 3. The molecule has 0 bridgehead atoms. The molecule has 1 aliphatic heterocycles. The molecule has 198 valence electrons.